The molecule has 1 aliphatic carbocycles. The lowest BCUT2D eigenvalue weighted by Crippen LogP contribution is -2.65. The van der Waals surface area contributed by atoms with Crippen LogP contribution >= 0.6 is 11.6 Å². The minimum absolute atomic E-state index is 0.00727. The van der Waals surface area contributed by atoms with E-state index in [-0.39, 0.29) is 22.9 Å². The fourth-order valence-electron chi connectivity index (χ4n) is 5.48. The van der Waals surface area contributed by atoms with E-state index < -0.39 is 36.6 Å². The molecule has 0 bridgehead atoms. The van der Waals surface area contributed by atoms with Crippen molar-refractivity contribution >= 4 is 23.4 Å². The first-order valence-electron chi connectivity index (χ1n) is 11.5. The average molecular weight is 490 g/mol. The molecule has 1 aromatic carbocycles. The number of carbonyl (C=O) groups is 2. The number of hydrogen-bond donors (Lipinski definition) is 3. The summed E-state index contributed by atoms with van der Waals surface area (Å²) in [5.41, 5.74) is 18.4. The second kappa shape index (κ2) is 10.3. The topological polar surface area (TPSA) is 112 Å². The first-order valence-corrected chi connectivity index (χ1v) is 11.9. The van der Waals surface area contributed by atoms with Crippen molar-refractivity contribution in [1.82, 2.24) is 0 Å². The van der Waals surface area contributed by atoms with E-state index >= 15 is 0 Å². The van der Waals surface area contributed by atoms with E-state index in [1.165, 1.54) is 12.1 Å². The van der Waals surface area contributed by atoms with Crippen molar-refractivity contribution in [3.8, 4) is 0 Å². The number of rotatable bonds is 7. The maximum Gasteiger partial charge on any atom is 0.403 e. The lowest BCUT2D eigenvalue weighted by molar-refractivity contribution is -0.871. The van der Waals surface area contributed by atoms with E-state index in [2.05, 4.69) is 0 Å². The number of nitrogens with two attached hydrogens (primary N) is 3. The van der Waals surface area contributed by atoms with Gasteiger partial charge in [0.1, 0.15) is 18.6 Å². The van der Waals surface area contributed by atoms with Gasteiger partial charge in [-0.2, -0.15) is 13.2 Å². The zero-order chi connectivity index (χ0) is 24.4. The van der Waals surface area contributed by atoms with Gasteiger partial charge in [0.2, 0.25) is 0 Å². The molecule has 0 aromatic heterocycles. The van der Waals surface area contributed by atoms with Gasteiger partial charge in [-0.05, 0) is 42.9 Å². The van der Waals surface area contributed by atoms with E-state index in [0.29, 0.717) is 35.5 Å². The molecule has 4 atom stereocenters. The van der Waals surface area contributed by atoms with Crippen LogP contribution in [0.4, 0.5) is 13.2 Å². The Bertz CT molecular complexity index is 876. The van der Waals surface area contributed by atoms with E-state index in [0.717, 1.165) is 32.1 Å². The Hall–Kier alpha value is -1.68. The normalized spacial score (nSPS) is 26.2. The van der Waals surface area contributed by atoms with Crippen molar-refractivity contribution in [2.75, 3.05) is 6.54 Å². The van der Waals surface area contributed by atoms with Gasteiger partial charge in [-0.3, -0.25) is 4.79 Å². The van der Waals surface area contributed by atoms with Crippen molar-refractivity contribution in [3.05, 3.63) is 34.3 Å². The summed E-state index contributed by atoms with van der Waals surface area (Å²) in [5, 5.41) is 0.325. The highest BCUT2D eigenvalue weighted by molar-refractivity contribution is 6.30. The van der Waals surface area contributed by atoms with Crippen LogP contribution in [0.5, 0.6) is 0 Å². The van der Waals surface area contributed by atoms with Crippen molar-refractivity contribution < 1.29 is 27.2 Å². The van der Waals surface area contributed by atoms with Gasteiger partial charge < -0.3 is 17.2 Å². The number of nitrogens with zero attached hydrogens (tertiary/aromatic N) is 1. The maximum absolute atomic E-state index is 13.9. The smallest absolute Gasteiger partial charge is 0.364 e. The zero-order valence-electron chi connectivity index (χ0n) is 18.6. The molecule has 33 heavy (non-hydrogen) atoms. The molecule has 1 heterocycles. The predicted octanol–water partition coefficient (Wildman–Crippen LogP) is 3.17. The van der Waals surface area contributed by atoms with Gasteiger partial charge in [0.05, 0.1) is 6.54 Å². The van der Waals surface area contributed by atoms with Crippen LogP contribution in [0, 0.1) is 5.92 Å². The fourth-order valence-corrected chi connectivity index (χ4v) is 5.67. The molecule has 2 aliphatic rings. The highest BCUT2D eigenvalue weighted by atomic mass is 35.5. The molecule has 2 fully saturated rings. The number of quaternary nitrogens is 1. The molecule has 184 valence electrons. The molecule has 2 amide bonds. The number of hydrogen-bond acceptors (Lipinski definition) is 4. The molecule has 3 rings (SSSR count). The van der Waals surface area contributed by atoms with Crippen LogP contribution in [0.3, 0.4) is 0 Å². The Morgan fingerprint density at radius 1 is 1.06 bits per heavy atom. The second-order valence-electron chi connectivity index (χ2n) is 9.50. The van der Waals surface area contributed by atoms with Gasteiger partial charge in [-0.15, -0.1) is 0 Å². The molecule has 2 unspecified atom stereocenters. The summed E-state index contributed by atoms with van der Waals surface area (Å²) in [6.45, 7) is 0.359. The number of carbonyl (C=O) groups excluding carboxylic acids is 2. The average Bonchev–Trinajstić information content (AvgIpc) is 3.19. The fraction of sp³-hybridized carbons (Fsp3) is 0.652. The lowest BCUT2D eigenvalue weighted by Gasteiger charge is -2.40. The number of benzene rings is 1. The molecule has 10 heteroatoms. The van der Waals surface area contributed by atoms with Gasteiger partial charge in [-0.1, -0.05) is 36.9 Å². The van der Waals surface area contributed by atoms with Gasteiger partial charge in [0, 0.05) is 23.4 Å². The molecule has 6 nitrogen and oxygen atoms in total. The summed E-state index contributed by atoms with van der Waals surface area (Å²) in [6, 6.07) is 0.951. The third-order valence-electron chi connectivity index (χ3n) is 7.32. The minimum Gasteiger partial charge on any atom is -0.364 e. The van der Waals surface area contributed by atoms with Crippen LogP contribution < -0.4 is 17.2 Å². The van der Waals surface area contributed by atoms with E-state index in [1.807, 2.05) is 0 Å². The predicted molar refractivity (Wildman–Crippen MR) is 120 cm³/mol. The van der Waals surface area contributed by atoms with Crippen LogP contribution in [-0.4, -0.2) is 47.1 Å². The first kappa shape index (κ1) is 25.9. The molecule has 0 radical (unpaired) electrons. The molecular weight excluding hydrogens is 457 g/mol. The van der Waals surface area contributed by atoms with E-state index in [4.69, 9.17) is 28.8 Å². The Labute approximate surface area is 197 Å². The summed E-state index contributed by atoms with van der Waals surface area (Å²) in [7, 11) is 0. The van der Waals surface area contributed by atoms with Crippen molar-refractivity contribution in [3.63, 3.8) is 0 Å². The highest BCUT2D eigenvalue weighted by Gasteiger charge is 2.54. The van der Waals surface area contributed by atoms with E-state index in [9.17, 15) is 22.8 Å². The lowest BCUT2D eigenvalue weighted by atomic mass is 9.83. The van der Waals surface area contributed by atoms with Gasteiger partial charge in [0.15, 0.2) is 6.04 Å². The van der Waals surface area contributed by atoms with Crippen LogP contribution in [0.1, 0.15) is 56.1 Å². The molecule has 1 aromatic rings. The van der Waals surface area contributed by atoms with Crippen LogP contribution in [0.2, 0.25) is 5.02 Å². The monoisotopic (exact) mass is 489 g/mol. The molecule has 1 aliphatic heterocycles. The molecule has 0 spiro atoms. The summed E-state index contributed by atoms with van der Waals surface area (Å²) in [4.78, 5) is 26.3. The zero-order valence-corrected chi connectivity index (χ0v) is 19.4. The SMILES string of the molecule is NC(=O)[C@@H]1CCC[N+]1(Cc1cc(Cl)ccc1CC(N)C(F)(F)F)C(=O)[C@H](N)C1CCCCC1. The molecule has 1 saturated heterocycles. The minimum atomic E-state index is -4.56. The summed E-state index contributed by atoms with van der Waals surface area (Å²) in [6.07, 6.45) is 0.787. The second-order valence-corrected chi connectivity index (χ2v) is 9.94. The van der Waals surface area contributed by atoms with Crippen LogP contribution in [0.25, 0.3) is 0 Å². The van der Waals surface area contributed by atoms with E-state index in [1.54, 1.807) is 6.07 Å². The summed E-state index contributed by atoms with van der Waals surface area (Å²) < 4.78 is 39.2. The Morgan fingerprint density at radius 2 is 1.73 bits per heavy atom. The van der Waals surface area contributed by atoms with Crippen LogP contribution in [-0.2, 0) is 22.6 Å². The van der Waals surface area contributed by atoms with Crippen molar-refractivity contribution in [1.29, 1.82) is 0 Å². The Kier molecular flexibility index (Phi) is 8.09. The largest absolute Gasteiger partial charge is 0.403 e. The third-order valence-corrected chi connectivity index (χ3v) is 7.56. The first-order chi connectivity index (χ1) is 15.5. The van der Waals surface area contributed by atoms with Crippen LogP contribution in [0.15, 0.2) is 18.2 Å². The summed E-state index contributed by atoms with van der Waals surface area (Å²) >= 11 is 6.18. The van der Waals surface area contributed by atoms with Crippen molar-refractivity contribution in [2.45, 2.75) is 82.2 Å². The molecule has 1 saturated carbocycles. The summed E-state index contributed by atoms with van der Waals surface area (Å²) in [5.74, 6) is -0.852. The van der Waals surface area contributed by atoms with Gasteiger partial charge in [-0.25, -0.2) is 9.28 Å². The Balaban J connectivity index is 1.99. The van der Waals surface area contributed by atoms with Gasteiger partial charge >= 0.3 is 12.1 Å². The standard InChI is InChI=1S/C23H32ClF3N4O2/c24-17-9-8-15(12-19(28)23(25,26)27)16(11-17)13-31(10-4-7-18(31)21(30)32)22(33)20(29)14-5-2-1-3-6-14/h8-9,11,14,18-20H,1-7,10,12-13,28-29H2,(H-,30,32)/p+1/t18-,19?,20+,31?/m0/s1. The maximum atomic E-state index is 13.9. The van der Waals surface area contributed by atoms with Crippen molar-refractivity contribution in [2.24, 2.45) is 23.1 Å². The quantitative estimate of drug-likeness (QED) is 0.510. The molecule has 6 N–H and O–H groups in total. The number of halogens is 4. The number of alkyl halides is 3. The van der Waals surface area contributed by atoms with Gasteiger partial charge in [0.25, 0.3) is 5.91 Å². The number of primary amides is 1. The highest BCUT2D eigenvalue weighted by Crippen LogP contribution is 2.36. The third kappa shape index (κ3) is 5.70. The number of likely N-dealkylation sites (tertiary alicyclic amines) is 1. The molecular formula is C23H33ClF3N4O2+. The Morgan fingerprint density at radius 3 is 2.33 bits per heavy atom. The number of amides is 2.